The zero-order valence-electron chi connectivity index (χ0n) is 16.7. The molecular weight excluding hydrogens is 366 g/mol. The number of aliphatic hydroxyl groups excluding tert-OH is 1. The molecule has 1 aliphatic rings. The first-order chi connectivity index (χ1) is 13.9. The lowest BCUT2D eigenvalue weighted by atomic mass is 9.95. The Balaban J connectivity index is 1.95. The second-order valence-electron chi connectivity index (χ2n) is 7.45. The molecule has 6 nitrogen and oxygen atoms in total. The van der Waals surface area contributed by atoms with Crippen LogP contribution in [0.15, 0.2) is 36.5 Å². The predicted molar refractivity (Wildman–Crippen MR) is 110 cm³/mol. The summed E-state index contributed by atoms with van der Waals surface area (Å²) >= 11 is 0. The maximum Gasteiger partial charge on any atom is 0.255 e. The van der Waals surface area contributed by atoms with Gasteiger partial charge in [0.15, 0.2) is 17.5 Å². The fourth-order valence-corrected chi connectivity index (χ4v) is 3.90. The van der Waals surface area contributed by atoms with Crippen LogP contribution in [0.2, 0.25) is 0 Å². The van der Waals surface area contributed by atoms with Crippen molar-refractivity contribution in [2.75, 3.05) is 14.1 Å². The van der Waals surface area contributed by atoms with E-state index in [4.69, 9.17) is 11.2 Å². The van der Waals surface area contributed by atoms with E-state index in [0.29, 0.717) is 34.8 Å². The van der Waals surface area contributed by atoms with Crippen LogP contribution in [0.25, 0.3) is 5.65 Å². The molecule has 1 aromatic carbocycles. The van der Waals surface area contributed by atoms with Crippen LogP contribution in [-0.4, -0.2) is 39.4 Å². The summed E-state index contributed by atoms with van der Waals surface area (Å²) in [6, 6.07) is 10.0. The summed E-state index contributed by atoms with van der Waals surface area (Å²) in [4.78, 5) is 19.1. The minimum atomic E-state index is -1.13. The Hall–Kier alpha value is -3.30. The molecule has 3 aromatic rings. The average molecular weight is 389 g/mol. The number of aliphatic hydroxyl groups is 1. The van der Waals surface area contributed by atoms with Gasteiger partial charge in [0.25, 0.3) is 5.91 Å². The number of aromatic nitrogens is 2. The van der Waals surface area contributed by atoms with E-state index < -0.39 is 6.10 Å². The first-order valence-electron chi connectivity index (χ1n) is 9.54. The predicted octanol–water partition coefficient (Wildman–Crippen LogP) is 3.08. The zero-order valence-corrected chi connectivity index (χ0v) is 16.7. The maximum absolute atomic E-state index is 12.9. The monoisotopic (exact) mass is 389 g/mol. The lowest BCUT2D eigenvalue weighted by molar-refractivity contribution is 0.0822. The fraction of sp³-hybridized carbons (Fsp3) is 0.304. The summed E-state index contributed by atoms with van der Waals surface area (Å²) < 4.78 is 8.09. The third kappa shape index (κ3) is 3.14. The van der Waals surface area contributed by atoms with Crippen LogP contribution in [0.4, 0.5) is 0 Å². The Labute approximate surface area is 169 Å². The van der Waals surface area contributed by atoms with Gasteiger partial charge in [0, 0.05) is 25.9 Å². The van der Waals surface area contributed by atoms with Crippen LogP contribution in [-0.2, 0) is 6.42 Å². The van der Waals surface area contributed by atoms with E-state index in [1.54, 1.807) is 31.6 Å². The first-order valence-corrected chi connectivity index (χ1v) is 9.54. The summed E-state index contributed by atoms with van der Waals surface area (Å²) in [6.45, 7) is 1.79. The summed E-state index contributed by atoms with van der Waals surface area (Å²) in [7, 11) is 3.43. The van der Waals surface area contributed by atoms with Crippen LogP contribution >= 0.6 is 0 Å². The first kappa shape index (κ1) is 19.0. The summed E-state index contributed by atoms with van der Waals surface area (Å²) in [5, 5.41) is 10.3. The van der Waals surface area contributed by atoms with Gasteiger partial charge >= 0.3 is 0 Å². The third-order valence-electron chi connectivity index (χ3n) is 5.33. The molecular formula is C23H23N3O3. The van der Waals surface area contributed by atoms with Crippen molar-refractivity contribution in [1.82, 2.24) is 14.3 Å². The molecule has 1 N–H and O–H groups in total. The number of carbonyl (C=O) groups excluding carboxylic acids is 1. The lowest BCUT2D eigenvalue weighted by Crippen LogP contribution is -2.26. The molecule has 2 unspecified atom stereocenters. The Bertz CT molecular complexity index is 1130. The fourth-order valence-electron chi connectivity index (χ4n) is 3.90. The van der Waals surface area contributed by atoms with Crippen LogP contribution < -0.4 is 4.74 Å². The second kappa shape index (κ2) is 7.26. The van der Waals surface area contributed by atoms with Gasteiger partial charge in [-0.3, -0.25) is 9.20 Å². The molecule has 0 bridgehead atoms. The van der Waals surface area contributed by atoms with Gasteiger partial charge in [-0.2, -0.15) is 0 Å². The Kier molecular flexibility index (Phi) is 4.77. The van der Waals surface area contributed by atoms with E-state index in [-0.39, 0.29) is 12.0 Å². The number of amides is 1. The SMILES string of the molecule is C#CC(O)c1c(C)nc2c3c(c(C(=O)N(C)C)cn12)CCC(c1ccccc1)O3. The number of aryl methyl sites for hydroxylation is 1. The molecule has 0 saturated heterocycles. The van der Waals surface area contributed by atoms with Crippen molar-refractivity contribution in [1.29, 1.82) is 0 Å². The highest BCUT2D eigenvalue weighted by Gasteiger charge is 2.31. The molecule has 2 atom stereocenters. The number of ether oxygens (including phenoxy) is 1. The quantitative estimate of drug-likeness (QED) is 0.699. The largest absolute Gasteiger partial charge is 0.481 e. The van der Waals surface area contributed by atoms with Crippen LogP contribution in [0.1, 0.15) is 51.5 Å². The number of fused-ring (bicyclic) bond motifs is 3. The van der Waals surface area contributed by atoms with Gasteiger partial charge in [0.05, 0.1) is 17.0 Å². The molecule has 29 heavy (non-hydrogen) atoms. The standard InChI is InChI=1S/C23H23N3O3/c1-5-18(27)20-14(2)24-22-21-16(17(13-26(20)22)23(28)25(3)4)11-12-19(29-21)15-9-7-6-8-10-15/h1,6-10,13,18-19,27H,11-12H2,2-4H3. The molecule has 0 radical (unpaired) electrons. The van der Waals surface area contributed by atoms with E-state index in [0.717, 1.165) is 17.5 Å². The van der Waals surface area contributed by atoms with Crippen molar-refractivity contribution in [3.8, 4) is 18.1 Å². The van der Waals surface area contributed by atoms with E-state index in [1.807, 2.05) is 30.3 Å². The van der Waals surface area contributed by atoms with Crippen molar-refractivity contribution in [3.63, 3.8) is 0 Å². The molecule has 0 spiro atoms. The number of carbonyl (C=O) groups is 1. The molecule has 4 rings (SSSR count). The van der Waals surface area contributed by atoms with Gasteiger partial charge in [-0.1, -0.05) is 36.3 Å². The average Bonchev–Trinajstić information content (AvgIpc) is 3.08. The highest BCUT2D eigenvalue weighted by molar-refractivity contribution is 5.96. The van der Waals surface area contributed by atoms with Crippen molar-refractivity contribution in [3.05, 3.63) is 64.6 Å². The molecule has 3 heterocycles. The number of imidazole rings is 1. The van der Waals surface area contributed by atoms with E-state index in [1.165, 1.54) is 4.90 Å². The molecule has 6 heteroatoms. The summed E-state index contributed by atoms with van der Waals surface area (Å²) in [6.07, 6.45) is 7.38. The topological polar surface area (TPSA) is 67.1 Å². The van der Waals surface area contributed by atoms with E-state index >= 15 is 0 Å². The summed E-state index contributed by atoms with van der Waals surface area (Å²) in [5.74, 6) is 2.80. The molecule has 1 aliphatic heterocycles. The number of hydrogen-bond donors (Lipinski definition) is 1. The van der Waals surface area contributed by atoms with Crippen LogP contribution in [0.5, 0.6) is 5.75 Å². The highest BCUT2D eigenvalue weighted by Crippen LogP contribution is 2.40. The van der Waals surface area contributed by atoms with Crippen LogP contribution in [0, 0.1) is 19.3 Å². The van der Waals surface area contributed by atoms with Gasteiger partial charge in [-0.15, -0.1) is 6.42 Å². The van der Waals surface area contributed by atoms with Gasteiger partial charge in [0.1, 0.15) is 6.10 Å². The molecule has 0 fully saturated rings. The molecule has 148 valence electrons. The minimum absolute atomic E-state index is 0.127. The Morgan fingerprint density at radius 3 is 2.76 bits per heavy atom. The Morgan fingerprint density at radius 1 is 1.38 bits per heavy atom. The van der Waals surface area contributed by atoms with Crippen molar-refractivity contribution < 1.29 is 14.6 Å². The molecule has 0 aliphatic carbocycles. The second-order valence-corrected chi connectivity index (χ2v) is 7.45. The lowest BCUT2D eigenvalue weighted by Gasteiger charge is -2.29. The zero-order chi connectivity index (χ0) is 20.7. The number of hydrogen-bond acceptors (Lipinski definition) is 4. The van der Waals surface area contributed by atoms with Gasteiger partial charge in [-0.05, 0) is 25.3 Å². The maximum atomic E-state index is 12.9. The van der Waals surface area contributed by atoms with Gasteiger partial charge in [-0.25, -0.2) is 4.98 Å². The van der Waals surface area contributed by atoms with E-state index in [9.17, 15) is 9.90 Å². The number of nitrogens with zero attached hydrogens (tertiary/aromatic N) is 3. The van der Waals surface area contributed by atoms with E-state index in [2.05, 4.69) is 10.9 Å². The molecule has 0 saturated carbocycles. The van der Waals surface area contributed by atoms with Gasteiger partial charge in [0.2, 0.25) is 0 Å². The van der Waals surface area contributed by atoms with Crippen LogP contribution in [0.3, 0.4) is 0 Å². The Morgan fingerprint density at radius 2 is 2.10 bits per heavy atom. The highest BCUT2D eigenvalue weighted by atomic mass is 16.5. The molecule has 2 aromatic heterocycles. The summed E-state index contributed by atoms with van der Waals surface area (Å²) in [5.41, 5.74) is 4.11. The number of terminal acetylenes is 1. The number of rotatable bonds is 3. The molecule has 1 amide bonds. The van der Waals surface area contributed by atoms with Crippen molar-refractivity contribution in [2.45, 2.75) is 32.0 Å². The number of pyridine rings is 1. The van der Waals surface area contributed by atoms with Gasteiger partial charge < -0.3 is 14.7 Å². The van der Waals surface area contributed by atoms with Crippen molar-refractivity contribution in [2.24, 2.45) is 0 Å². The smallest absolute Gasteiger partial charge is 0.255 e. The van der Waals surface area contributed by atoms with Crippen molar-refractivity contribution >= 4 is 11.6 Å². The minimum Gasteiger partial charge on any atom is -0.481 e. The third-order valence-corrected chi connectivity index (χ3v) is 5.33. The number of benzene rings is 1. The normalized spacial score (nSPS) is 16.6.